The molecule has 2 N–H and O–H groups in total. The third-order valence-electron chi connectivity index (χ3n) is 2.08. The molecule has 2 rings (SSSR count). The van der Waals surface area contributed by atoms with E-state index >= 15 is 0 Å². The summed E-state index contributed by atoms with van der Waals surface area (Å²) in [6, 6.07) is 5.83. The van der Waals surface area contributed by atoms with Crippen LogP contribution in [0.25, 0.3) is 0 Å². The number of nitrogens with two attached hydrogens (primary N) is 1. The molecular formula is C11H11BrN2OS. The lowest BCUT2D eigenvalue weighted by atomic mass is 10.2. The first-order chi connectivity index (χ1) is 7.79. The predicted molar refractivity (Wildman–Crippen MR) is 68.5 cm³/mol. The second-order valence-electron chi connectivity index (χ2n) is 3.17. The van der Waals surface area contributed by atoms with Gasteiger partial charge in [-0.1, -0.05) is 15.9 Å². The summed E-state index contributed by atoms with van der Waals surface area (Å²) < 4.78 is 6.68. The quantitative estimate of drug-likeness (QED) is 0.944. The minimum absolute atomic E-state index is 0.465. The van der Waals surface area contributed by atoms with Crippen molar-refractivity contribution in [2.24, 2.45) is 5.73 Å². The Morgan fingerprint density at radius 1 is 1.44 bits per heavy atom. The number of thiazole rings is 1. The van der Waals surface area contributed by atoms with E-state index in [4.69, 9.17) is 10.5 Å². The molecule has 0 unspecified atom stereocenters. The van der Waals surface area contributed by atoms with Crippen LogP contribution in [-0.2, 0) is 13.2 Å². The molecule has 1 heterocycles. The van der Waals surface area contributed by atoms with Gasteiger partial charge in [0.15, 0.2) is 0 Å². The fourth-order valence-electron chi connectivity index (χ4n) is 1.31. The highest BCUT2D eigenvalue weighted by molar-refractivity contribution is 9.10. The van der Waals surface area contributed by atoms with Crippen molar-refractivity contribution in [3.8, 4) is 5.75 Å². The summed E-state index contributed by atoms with van der Waals surface area (Å²) in [4.78, 5) is 4.16. The van der Waals surface area contributed by atoms with E-state index in [2.05, 4.69) is 20.9 Å². The van der Waals surface area contributed by atoms with Gasteiger partial charge in [0, 0.05) is 28.2 Å². The number of hydrogen-bond acceptors (Lipinski definition) is 4. The van der Waals surface area contributed by atoms with Gasteiger partial charge < -0.3 is 10.5 Å². The van der Waals surface area contributed by atoms with E-state index in [0.717, 1.165) is 20.8 Å². The zero-order valence-electron chi connectivity index (χ0n) is 8.52. The van der Waals surface area contributed by atoms with Crippen molar-refractivity contribution in [3.63, 3.8) is 0 Å². The van der Waals surface area contributed by atoms with Crippen molar-refractivity contribution in [3.05, 3.63) is 44.8 Å². The van der Waals surface area contributed by atoms with Crippen LogP contribution >= 0.6 is 27.3 Å². The Labute approximate surface area is 106 Å². The minimum Gasteiger partial charge on any atom is -0.486 e. The zero-order valence-corrected chi connectivity index (χ0v) is 10.9. The summed E-state index contributed by atoms with van der Waals surface area (Å²) in [5, 5.41) is 2.90. The number of nitrogens with zero attached hydrogens (tertiary/aromatic N) is 1. The van der Waals surface area contributed by atoms with Gasteiger partial charge in [-0.15, -0.1) is 11.3 Å². The van der Waals surface area contributed by atoms with Crippen LogP contribution in [0.1, 0.15) is 10.6 Å². The van der Waals surface area contributed by atoms with Gasteiger partial charge in [-0.3, -0.25) is 0 Å². The van der Waals surface area contributed by atoms with Crippen molar-refractivity contribution < 1.29 is 4.74 Å². The summed E-state index contributed by atoms with van der Waals surface area (Å²) in [7, 11) is 0. The van der Waals surface area contributed by atoms with E-state index in [1.165, 1.54) is 0 Å². The molecule has 0 aliphatic heterocycles. The van der Waals surface area contributed by atoms with E-state index in [0.29, 0.717) is 13.2 Å². The van der Waals surface area contributed by atoms with Crippen molar-refractivity contribution in [1.82, 2.24) is 4.98 Å². The van der Waals surface area contributed by atoms with Crippen LogP contribution in [0.4, 0.5) is 0 Å². The van der Waals surface area contributed by atoms with Crippen LogP contribution < -0.4 is 10.5 Å². The number of benzene rings is 1. The van der Waals surface area contributed by atoms with Gasteiger partial charge in [0.05, 0.1) is 0 Å². The van der Waals surface area contributed by atoms with Gasteiger partial charge >= 0.3 is 0 Å². The molecule has 0 atom stereocenters. The maximum absolute atomic E-state index is 5.67. The third-order valence-corrected chi connectivity index (χ3v) is 3.32. The highest BCUT2D eigenvalue weighted by Crippen LogP contribution is 2.23. The molecule has 0 spiro atoms. The molecule has 16 heavy (non-hydrogen) atoms. The van der Waals surface area contributed by atoms with Crippen molar-refractivity contribution in [2.75, 3.05) is 0 Å². The maximum Gasteiger partial charge on any atom is 0.140 e. The summed E-state index contributed by atoms with van der Waals surface area (Å²) in [5.74, 6) is 0.820. The van der Waals surface area contributed by atoms with Gasteiger partial charge in [-0.25, -0.2) is 4.98 Å². The van der Waals surface area contributed by atoms with Gasteiger partial charge in [-0.2, -0.15) is 0 Å². The van der Waals surface area contributed by atoms with E-state index in [-0.39, 0.29) is 0 Å². The molecule has 0 aliphatic rings. The van der Waals surface area contributed by atoms with Gasteiger partial charge in [-0.05, 0) is 18.2 Å². The molecule has 0 saturated carbocycles. The molecule has 3 nitrogen and oxygen atoms in total. The largest absolute Gasteiger partial charge is 0.486 e. The van der Waals surface area contributed by atoms with Crippen LogP contribution in [0.5, 0.6) is 5.75 Å². The van der Waals surface area contributed by atoms with Crippen LogP contribution in [0.3, 0.4) is 0 Å². The van der Waals surface area contributed by atoms with Crippen LogP contribution in [0.2, 0.25) is 0 Å². The summed E-state index contributed by atoms with van der Waals surface area (Å²) in [6.07, 6.45) is 1.77. The van der Waals surface area contributed by atoms with Crippen molar-refractivity contribution >= 4 is 27.3 Å². The summed E-state index contributed by atoms with van der Waals surface area (Å²) >= 11 is 4.99. The fraction of sp³-hybridized carbons (Fsp3) is 0.182. The standard InChI is InChI=1S/C11H11BrN2OS/c12-9-1-2-10(8(5-9)6-13)15-7-11-14-3-4-16-11/h1-5H,6-7,13H2. The monoisotopic (exact) mass is 298 g/mol. The molecule has 1 aromatic carbocycles. The molecule has 0 saturated heterocycles. The second-order valence-corrected chi connectivity index (χ2v) is 5.07. The molecule has 5 heteroatoms. The average Bonchev–Trinajstić information content (AvgIpc) is 2.80. The normalized spacial score (nSPS) is 10.4. The van der Waals surface area contributed by atoms with Crippen molar-refractivity contribution in [1.29, 1.82) is 0 Å². The third kappa shape index (κ3) is 2.81. The lowest BCUT2D eigenvalue weighted by Crippen LogP contribution is -2.02. The number of aromatic nitrogens is 1. The Morgan fingerprint density at radius 3 is 3.00 bits per heavy atom. The Hall–Kier alpha value is -0.910. The van der Waals surface area contributed by atoms with Crippen LogP contribution in [-0.4, -0.2) is 4.98 Å². The Balaban J connectivity index is 2.09. The van der Waals surface area contributed by atoms with E-state index < -0.39 is 0 Å². The number of hydrogen-bond donors (Lipinski definition) is 1. The van der Waals surface area contributed by atoms with Gasteiger partial charge in [0.25, 0.3) is 0 Å². The molecule has 0 fully saturated rings. The molecule has 0 aliphatic carbocycles. The molecule has 1 aromatic heterocycles. The number of halogens is 1. The van der Waals surface area contributed by atoms with Crippen LogP contribution in [0.15, 0.2) is 34.2 Å². The highest BCUT2D eigenvalue weighted by atomic mass is 79.9. The zero-order chi connectivity index (χ0) is 11.4. The molecular weight excluding hydrogens is 288 g/mol. The topological polar surface area (TPSA) is 48.1 Å². The Kier molecular flexibility index (Phi) is 3.93. The van der Waals surface area contributed by atoms with Crippen LogP contribution in [0, 0.1) is 0 Å². The van der Waals surface area contributed by atoms with Gasteiger partial charge in [0.1, 0.15) is 17.4 Å². The Morgan fingerprint density at radius 2 is 2.31 bits per heavy atom. The summed E-state index contributed by atoms with van der Waals surface area (Å²) in [6.45, 7) is 0.957. The molecule has 0 radical (unpaired) electrons. The lowest BCUT2D eigenvalue weighted by molar-refractivity contribution is 0.302. The first-order valence-corrected chi connectivity index (χ1v) is 6.46. The smallest absolute Gasteiger partial charge is 0.140 e. The maximum atomic E-state index is 5.67. The molecule has 2 aromatic rings. The summed E-state index contributed by atoms with van der Waals surface area (Å²) in [5.41, 5.74) is 6.65. The number of rotatable bonds is 4. The van der Waals surface area contributed by atoms with E-state index in [1.807, 2.05) is 23.6 Å². The molecule has 0 bridgehead atoms. The molecule has 0 amide bonds. The second kappa shape index (κ2) is 5.43. The van der Waals surface area contributed by atoms with E-state index in [9.17, 15) is 0 Å². The first kappa shape index (κ1) is 11.6. The lowest BCUT2D eigenvalue weighted by Gasteiger charge is -2.09. The van der Waals surface area contributed by atoms with Crippen molar-refractivity contribution in [2.45, 2.75) is 13.2 Å². The fourth-order valence-corrected chi connectivity index (χ4v) is 2.25. The minimum atomic E-state index is 0.465. The molecule has 84 valence electrons. The van der Waals surface area contributed by atoms with Gasteiger partial charge in [0.2, 0.25) is 0 Å². The highest BCUT2D eigenvalue weighted by Gasteiger charge is 2.04. The SMILES string of the molecule is NCc1cc(Br)ccc1OCc1nccs1. The average molecular weight is 299 g/mol. The number of ether oxygens (including phenoxy) is 1. The Bertz CT molecular complexity index is 459. The first-order valence-electron chi connectivity index (χ1n) is 4.79. The van der Waals surface area contributed by atoms with E-state index in [1.54, 1.807) is 17.5 Å². The predicted octanol–water partition coefficient (Wildman–Crippen LogP) is 2.94.